The molecule has 3 aromatic rings. The number of anilines is 1. The average molecular weight is 558 g/mol. The van der Waals surface area contributed by atoms with E-state index in [1.54, 1.807) is 6.92 Å². The van der Waals surface area contributed by atoms with E-state index >= 15 is 0 Å². The second-order valence-electron chi connectivity index (χ2n) is 9.22. The summed E-state index contributed by atoms with van der Waals surface area (Å²) in [4.78, 5) is 24.9. The van der Waals surface area contributed by atoms with E-state index < -0.39 is 41.7 Å². The number of benzene rings is 2. The Hall–Kier alpha value is -3.74. The molecule has 1 aromatic heterocycles. The summed E-state index contributed by atoms with van der Waals surface area (Å²) in [5.41, 5.74) is -2.36. The fourth-order valence-corrected chi connectivity index (χ4v) is 3.78. The number of nitrogens with zero attached hydrogens (tertiary/aromatic N) is 4. The van der Waals surface area contributed by atoms with E-state index in [1.165, 1.54) is 31.4 Å². The highest BCUT2D eigenvalue weighted by Crippen LogP contribution is 2.36. The maximum Gasteiger partial charge on any atom is 0.416 e. The summed E-state index contributed by atoms with van der Waals surface area (Å²) < 4.78 is 93.5. The Morgan fingerprint density at radius 2 is 1.54 bits per heavy atom. The third kappa shape index (κ3) is 7.65. The second-order valence-corrected chi connectivity index (χ2v) is 9.22. The molecule has 6 nitrogen and oxygen atoms in total. The van der Waals surface area contributed by atoms with Gasteiger partial charge in [0.1, 0.15) is 11.5 Å². The monoisotopic (exact) mass is 557 g/mol. The molecular formula is C26H26F7N5O. The number of amides is 1. The molecule has 1 amide bonds. The van der Waals surface area contributed by atoms with Gasteiger partial charge < -0.3 is 15.1 Å². The van der Waals surface area contributed by atoms with Crippen molar-refractivity contribution in [2.45, 2.75) is 25.8 Å². The summed E-state index contributed by atoms with van der Waals surface area (Å²) in [6.45, 7) is 2.08. The highest BCUT2D eigenvalue weighted by Gasteiger charge is 2.37. The van der Waals surface area contributed by atoms with Gasteiger partial charge in [-0.2, -0.15) is 26.3 Å². The summed E-state index contributed by atoms with van der Waals surface area (Å²) >= 11 is 0. The van der Waals surface area contributed by atoms with Gasteiger partial charge in [-0.25, -0.2) is 14.4 Å². The summed E-state index contributed by atoms with van der Waals surface area (Å²) in [5.74, 6) is -1.19. The Bertz CT molecular complexity index is 1310. The maximum atomic E-state index is 13.7. The van der Waals surface area contributed by atoms with Crippen LogP contribution in [-0.2, 0) is 18.9 Å². The van der Waals surface area contributed by atoms with Crippen molar-refractivity contribution < 1.29 is 35.5 Å². The van der Waals surface area contributed by atoms with E-state index in [0.717, 1.165) is 4.90 Å². The molecule has 3 rings (SSSR count). The van der Waals surface area contributed by atoms with Crippen LogP contribution in [0.15, 0.2) is 42.6 Å². The van der Waals surface area contributed by atoms with E-state index in [-0.39, 0.29) is 28.8 Å². The van der Waals surface area contributed by atoms with Gasteiger partial charge in [0, 0.05) is 38.4 Å². The van der Waals surface area contributed by atoms with Gasteiger partial charge in [-0.15, -0.1) is 0 Å². The van der Waals surface area contributed by atoms with Crippen molar-refractivity contribution in [2.75, 3.05) is 39.5 Å². The van der Waals surface area contributed by atoms with Gasteiger partial charge in [0.15, 0.2) is 0 Å². The quantitative estimate of drug-likeness (QED) is 0.351. The molecule has 1 heterocycles. The first kappa shape index (κ1) is 29.8. The van der Waals surface area contributed by atoms with Gasteiger partial charge in [0.25, 0.3) is 5.91 Å². The van der Waals surface area contributed by atoms with Crippen molar-refractivity contribution in [1.29, 1.82) is 0 Å². The molecule has 1 N–H and O–H groups in total. The van der Waals surface area contributed by atoms with E-state index in [0.29, 0.717) is 36.3 Å². The van der Waals surface area contributed by atoms with Crippen molar-refractivity contribution in [1.82, 2.24) is 19.8 Å². The Morgan fingerprint density at radius 1 is 0.923 bits per heavy atom. The summed E-state index contributed by atoms with van der Waals surface area (Å²) in [5, 5.41) is 2.97. The van der Waals surface area contributed by atoms with Gasteiger partial charge in [0.05, 0.1) is 11.1 Å². The van der Waals surface area contributed by atoms with Crippen LogP contribution in [0.25, 0.3) is 11.1 Å². The van der Waals surface area contributed by atoms with Gasteiger partial charge in [-0.05, 0) is 68.0 Å². The fourth-order valence-electron chi connectivity index (χ4n) is 3.78. The molecule has 0 aliphatic heterocycles. The summed E-state index contributed by atoms with van der Waals surface area (Å²) in [7, 11) is 4.94. The van der Waals surface area contributed by atoms with Crippen molar-refractivity contribution >= 4 is 11.9 Å². The van der Waals surface area contributed by atoms with Crippen molar-refractivity contribution in [3.05, 3.63) is 76.4 Å². The molecule has 0 spiro atoms. The Balaban J connectivity index is 2.02. The molecule has 0 fully saturated rings. The molecule has 2 aromatic carbocycles. The third-order valence-corrected chi connectivity index (χ3v) is 5.73. The van der Waals surface area contributed by atoms with Crippen molar-refractivity contribution in [3.8, 4) is 11.1 Å². The number of hydrogen-bond acceptors (Lipinski definition) is 5. The molecule has 0 saturated heterocycles. The third-order valence-electron chi connectivity index (χ3n) is 5.73. The minimum atomic E-state index is -5.02. The lowest BCUT2D eigenvalue weighted by Crippen LogP contribution is -2.29. The molecular weight excluding hydrogens is 531 g/mol. The molecule has 0 saturated carbocycles. The lowest BCUT2D eigenvalue weighted by molar-refractivity contribution is -0.143. The first-order valence-corrected chi connectivity index (χ1v) is 11.6. The Kier molecular flexibility index (Phi) is 8.84. The fraction of sp³-hybridized carbons (Fsp3) is 0.346. The van der Waals surface area contributed by atoms with E-state index in [2.05, 4.69) is 15.3 Å². The predicted octanol–water partition coefficient (Wildman–Crippen LogP) is 5.87. The summed E-state index contributed by atoms with van der Waals surface area (Å²) in [6, 6.07) is 5.03. The van der Waals surface area contributed by atoms with Crippen LogP contribution >= 0.6 is 0 Å². The molecule has 0 bridgehead atoms. The number of likely N-dealkylation sites (N-methyl/N-ethyl adjacent to an activating group) is 1. The average Bonchev–Trinajstić information content (AvgIpc) is 2.82. The van der Waals surface area contributed by atoms with Crippen LogP contribution in [0.5, 0.6) is 0 Å². The highest BCUT2D eigenvalue weighted by molar-refractivity contribution is 5.99. The summed E-state index contributed by atoms with van der Waals surface area (Å²) in [6.07, 6.45) is -8.68. The van der Waals surface area contributed by atoms with Crippen LogP contribution in [-0.4, -0.2) is 59.9 Å². The predicted molar refractivity (Wildman–Crippen MR) is 131 cm³/mol. The number of hydrogen-bond donors (Lipinski definition) is 1. The minimum Gasteiger partial charge on any atom is -0.353 e. The molecule has 39 heavy (non-hydrogen) atoms. The van der Waals surface area contributed by atoms with Crippen LogP contribution in [0.1, 0.15) is 32.7 Å². The minimum absolute atomic E-state index is 0.0246. The molecule has 0 aliphatic carbocycles. The van der Waals surface area contributed by atoms with Crippen LogP contribution in [0.3, 0.4) is 0 Å². The highest BCUT2D eigenvalue weighted by atomic mass is 19.4. The molecule has 0 radical (unpaired) electrons. The van der Waals surface area contributed by atoms with E-state index in [1.807, 2.05) is 19.0 Å². The van der Waals surface area contributed by atoms with Gasteiger partial charge >= 0.3 is 12.4 Å². The lowest BCUT2D eigenvalue weighted by Gasteiger charge is -2.21. The number of rotatable bonds is 8. The van der Waals surface area contributed by atoms with Gasteiger partial charge in [-0.1, -0.05) is 6.07 Å². The molecule has 210 valence electrons. The van der Waals surface area contributed by atoms with E-state index in [4.69, 9.17) is 0 Å². The number of aromatic nitrogens is 2. The molecule has 0 aliphatic rings. The van der Waals surface area contributed by atoms with Crippen LogP contribution < -0.4 is 5.32 Å². The number of nitrogens with one attached hydrogen (secondary N) is 1. The number of carbonyl (C=O) groups excluding carboxylic acids is 1. The van der Waals surface area contributed by atoms with Crippen molar-refractivity contribution in [2.24, 2.45) is 0 Å². The first-order chi connectivity index (χ1) is 18.1. The Morgan fingerprint density at radius 3 is 2.08 bits per heavy atom. The van der Waals surface area contributed by atoms with Crippen molar-refractivity contribution in [3.63, 3.8) is 0 Å². The molecule has 0 unspecified atom stereocenters. The topological polar surface area (TPSA) is 61.4 Å². The zero-order valence-electron chi connectivity index (χ0n) is 21.5. The SMILES string of the molecule is Cc1cc(F)ccc1-c1cnc(NCCN(C)C)nc1C(=O)N(C)Cc1cc(C(F)(F)F)cc(C(F)(F)F)c1. The normalized spacial score (nSPS) is 12.1. The molecule has 13 heteroatoms. The lowest BCUT2D eigenvalue weighted by atomic mass is 9.99. The van der Waals surface area contributed by atoms with Crippen LogP contribution in [0.2, 0.25) is 0 Å². The number of alkyl halides is 6. The van der Waals surface area contributed by atoms with Crippen LogP contribution in [0, 0.1) is 12.7 Å². The zero-order valence-corrected chi connectivity index (χ0v) is 21.5. The standard InChI is InChI=1S/C26H26F7N5O/c1-15-9-19(27)5-6-20(15)21-13-35-24(34-7-8-37(2)3)36-22(21)23(39)38(4)14-16-10-17(25(28,29)30)12-18(11-16)26(31,32)33/h5-6,9-13H,7-8,14H2,1-4H3,(H,34,35,36). The Labute approximate surface area is 220 Å². The molecule has 0 atom stereocenters. The largest absolute Gasteiger partial charge is 0.416 e. The maximum absolute atomic E-state index is 13.7. The van der Waals surface area contributed by atoms with Gasteiger partial charge in [-0.3, -0.25) is 4.79 Å². The smallest absolute Gasteiger partial charge is 0.353 e. The van der Waals surface area contributed by atoms with E-state index in [9.17, 15) is 35.5 Å². The van der Waals surface area contributed by atoms with Gasteiger partial charge in [0.2, 0.25) is 5.95 Å². The van der Waals surface area contributed by atoms with Crippen LogP contribution in [0.4, 0.5) is 36.7 Å². The number of aryl methyl sites for hydroxylation is 1. The number of carbonyl (C=O) groups is 1. The second kappa shape index (κ2) is 11.6. The number of halogens is 7. The first-order valence-electron chi connectivity index (χ1n) is 11.6. The zero-order chi connectivity index (χ0) is 29.1.